The van der Waals surface area contributed by atoms with E-state index in [0.717, 1.165) is 159 Å². The van der Waals surface area contributed by atoms with E-state index in [4.69, 9.17) is 60.3 Å². The van der Waals surface area contributed by atoms with Crippen molar-refractivity contribution in [3.05, 3.63) is 328 Å². The quantitative estimate of drug-likeness (QED) is 0.0989. The number of hydrogen-bond donors (Lipinski definition) is 0. The molecule has 0 saturated carbocycles. The average molecular weight is 1320 g/mol. The van der Waals surface area contributed by atoms with E-state index in [1.807, 2.05) is 297 Å². The van der Waals surface area contributed by atoms with Crippen LogP contribution in [0.1, 0.15) is 0 Å². The molecule has 0 saturated heterocycles. The number of rotatable bonds is 14. The van der Waals surface area contributed by atoms with Gasteiger partial charge in [0.25, 0.3) is 0 Å². The molecule has 18 aromatic rings. The lowest BCUT2D eigenvalue weighted by atomic mass is 10.0. The zero-order valence-electron chi connectivity index (χ0n) is 54.2. The van der Waals surface area contributed by atoms with E-state index in [0.29, 0.717) is 11.0 Å². The Morgan fingerprint density at radius 1 is 0.176 bits per heavy atom. The normalized spacial score (nSPS) is 11.1. The molecule has 0 spiro atoms. The van der Waals surface area contributed by atoms with Crippen LogP contribution < -0.4 is 0 Å². The van der Waals surface area contributed by atoms with E-state index < -0.39 is 0 Å². The molecule has 102 heavy (non-hydrogen) atoms. The van der Waals surface area contributed by atoms with Crippen molar-refractivity contribution in [3.63, 3.8) is 0 Å². The van der Waals surface area contributed by atoms with Gasteiger partial charge in [0.1, 0.15) is 22.1 Å². The first-order valence-corrected chi connectivity index (χ1v) is 32.9. The van der Waals surface area contributed by atoms with Gasteiger partial charge >= 0.3 is 0 Å². The fourth-order valence-corrected chi connectivity index (χ4v) is 12.0. The molecule has 0 fully saturated rings. The Morgan fingerprint density at radius 3 is 0.765 bits per heavy atom. The fourth-order valence-electron chi connectivity index (χ4n) is 12.0. The maximum atomic E-state index is 5.12. The van der Waals surface area contributed by atoms with E-state index in [-0.39, 0.29) is 0 Å². The number of para-hydroxylation sites is 2. The highest BCUT2D eigenvalue weighted by atomic mass is 15.5. The number of benzene rings is 4. The largest absolute Gasteiger partial charge is 0.255 e. The summed E-state index contributed by atoms with van der Waals surface area (Å²) in [5, 5.41) is 19.9. The Labute approximate surface area is 584 Å². The van der Waals surface area contributed by atoms with Crippen molar-refractivity contribution in [2.75, 3.05) is 0 Å². The third kappa shape index (κ3) is 12.8. The van der Waals surface area contributed by atoms with E-state index >= 15 is 0 Å². The van der Waals surface area contributed by atoms with Gasteiger partial charge in [0, 0.05) is 47.0 Å². The number of fused-ring (bicyclic) bond motifs is 2. The van der Waals surface area contributed by atoms with Crippen LogP contribution in [0.15, 0.2) is 328 Å². The van der Waals surface area contributed by atoms with Gasteiger partial charge in [-0.25, -0.2) is 39.9 Å². The van der Waals surface area contributed by atoms with Crippen molar-refractivity contribution >= 4 is 22.1 Å². The average Bonchev–Trinajstić information content (AvgIpc) is 1.57. The van der Waals surface area contributed by atoms with Crippen molar-refractivity contribution in [1.82, 2.24) is 89.8 Å². The molecule has 14 aromatic heterocycles. The first-order chi connectivity index (χ1) is 50.5. The zero-order valence-corrected chi connectivity index (χ0v) is 54.2. The highest BCUT2D eigenvalue weighted by molar-refractivity contribution is 6.00. The molecular weight excluding hydrogens is 1260 g/mol. The molecule has 480 valence electrons. The minimum absolute atomic E-state index is 0.707. The highest BCUT2D eigenvalue weighted by Gasteiger charge is 2.22. The van der Waals surface area contributed by atoms with Crippen LogP contribution in [-0.2, 0) is 0 Å². The lowest BCUT2D eigenvalue weighted by molar-refractivity contribution is 0.766. The standard InChI is InChI=1S/2C42H27N9/c1-2-12-28(13-3-1)51-49-41-29(31-16-8-20-37(45-31)39-22-10-18-35(47-39)33-14-4-6-26-43-33)24-25-30(42(41)50-51)32-17-9-21-38(46-32)40-23-11-19-36(48-40)34-15-5-7-27-44-34;1-2-12-29(13-3-1)51-49-41-27-28(31-16-8-20-37(45-31)39-22-10-18-35(47-39)33-14-4-6-24-43-33)26-30(42(41)50-51)32-17-9-21-38(46-32)40-23-11-19-36(48-40)34-15-5-7-25-44-34/h2*1-27H. The van der Waals surface area contributed by atoms with Crippen molar-refractivity contribution in [1.29, 1.82) is 0 Å². The summed E-state index contributed by atoms with van der Waals surface area (Å²) in [5.74, 6) is 0. The monoisotopic (exact) mass is 1310 g/mol. The van der Waals surface area contributed by atoms with Crippen LogP contribution in [0.2, 0.25) is 0 Å². The molecule has 14 heterocycles. The molecule has 18 heteroatoms. The van der Waals surface area contributed by atoms with E-state index in [9.17, 15) is 0 Å². The number of pyridine rings is 12. The summed E-state index contributed by atoms with van der Waals surface area (Å²) in [5.41, 5.74) is 23.3. The molecule has 0 aliphatic rings. The van der Waals surface area contributed by atoms with Gasteiger partial charge in [0.15, 0.2) is 0 Å². The summed E-state index contributed by atoms with van der Waals surface area (Å²) in [6.45, 7) is 0. The summed E-state index contributed by atoms with van der Waals surface area (Å²) < 4.78 is 0. The van der Waals surface area contributed by atoms with Gasteiger partial charge in [-0.2, -0.15) is 9.59 Å². The highest BCUT2D eigenvalue weighted by Crippen LogP contribution is 2.37. The van der Waals surface area contributed by atoms with Gasteiger partial charge in [-0.3, -0.25) is 19.9 Å². The number of hydrogen-bond acceptors (Lipinski definition) is 16. The Bertz CT molecular complexity index is 5860. The second-order valence-electron chi connectivity index (χ2n) is 23.5. The molecule has 18 rings (SSSR count). The Kier molecular flexibility index (Phi) is 16.5. The SMILES string of the molecule is c1ccc(-n2nc3c(-c4cccc(-c5cccc(-c6ccccn6)n5)n4)ccc(-c4cccc(-c5cccc(-c6ccccn6)n5)n4)c3n2)cc1.c1ccc(-n2nc3cc(-c4cccc(-c5cccc(-c6ccccn6)n5)n4)cc(-c4cccc(-c5cccc(-c6ccccn6)n5)n4)c3n2)cc1. The van der Waals surface area contributed by atoms with Gasteiger partial charge in [-0.15, -0.1) is 20.4 Å². The Hall–Kier alpha value is -14.5. The van der Waals surface area contributed by atoms with Crippen molar-refractivity contribution in [3.8, 4) is 148 Å². The fraction of sp³-hybridized carbons (Fsp3) is 0. The molecule has 0 amide bonds. The maximum Gasteiger partial charge on any atom is 0.123 e. The van der Waals surface area contributed by atoms with Gasteiger partial charge in [-0.05, 0) is 194 Å². The first kappa shape index (κ1) is 61.1. The van der Waals surface area contributed by atoms with Gasteiger partial charge in [0.05, 0.1) is 125 Å². The summed E-state index contributed by atoms with van der Waals surface area (Å²) in [6, 6.07) is 98.5. The predicted molar refractivity (Wildman–Crippen MR) is 397 cm³/mol. The molecule has 0 bridgehead atoms. The summed E-state index contributed by atoms with van der Waals surface area (Å²) in [7, 11) is 0. The van der Waals surface area contributed by atoms with Crippen LogP contribution in [-0.4, -0.2) is 89.8 Å². The predicted octanol–water partition coefficient (Wildman–Crippen LogP) is 17.6. The van der Waals surface area contributed by atoms with E-state index in [1.54, 1.807) is 34.4 Å². The van der Waals surface area contributed by atoms with Crippen LogP contribution in [0.25, 0.3) is 170 Å². The zero-order chi connectivity index (χ0) is 68.0. The van der Waals surface area contributed by atoms with Crippen molar-refractivity contribution in [2.24, 2.45) is 0 Å². The minimum Gasteiger partial charge on any atom is -0.255 e. The van der Waals surface area contributed by atoms with Gasteiger partial charge in [0.2, 0.25) is 0 Å². The molecule has 0 atom stereocenters. The topological polar surface area (TPSA) is 216 Å². The summed E-state index contributed by atoms with van der Waals surface area (Å²) in [4.78, 5) is 61.2. The van der Waals surface area contributed by atoms with Crippen molar-refractivity contribution in [2.45, 2.75) is 0 Å². The summed E-state index contributed by atoms with van der Waals surface area (Å²) >= 11 is 0. The van der Waals surface area contributed by atoms with E-state index in [2.05, 4.69) is 26.0 Å². The second kappa shape index (κ2) is 27.5. The number of nitrogens with zero attached hydrogens (tertiary/aromatic N) is 18. The second-order valence-corrected chi connectivity index (χ2v) is 23.5. The molecule has 0 aliphatic carbocycles. The smallest absolute Gasteiger partial charge is 0.123 e. The lowest BCUT2D eigenvalue weighted by Gasteiger charge is -2.10. The molecule has 0 N–H and O–H groups in total. The van der Waals surface area contributed by atoms with Crippen LogP contribution in [0.3, 0.4) is 0 Å². The van der Waals surface area contributed by atoms with Crippen LogP contribution in [0.5, 0.6) is 0 Å². The molecule has 0 aliphatic heterocycles. The molecule has 4 aromatic carbocycles. The van der Waals surface area contributed by atoms with Crippen LogP contribution in [0.4, 0.5) is 0 Å². The maximum absolute atomic E-state index is 5.12. The minimum atomic E-state index is 0.707. The van der Waals surface area contributed by atoms with Crippen LogP contribution >= 0.6 is 0 Å². The van der Waals surface area contributed by atoms with Crippen LogP contribution in [0, 0.1) is 0 Å². The first-order valence-electron chi connectivity index (χ1n) is 32.9. The number of aromatic nitrogens is 18. The third-order valence-electron chi connectivity index (χ3n) is 16.9. The Balaban J connectivity index is 0.000000152. The molecule has 18 nitrogen and oxygen atoms in total. The third-order valence-corrected chi connectivity index (χ3v) is 16.9. The summed E-state index contributed by atoms with van der Waals surface area (Å²) in [6.07, 6.45) is 7.07. The lowest BCUT2D eigenvalue weighted by Crippen LogP contribution is -1.97. The van der Waals surface area contributed by atoms with Gasteiger partial charge < -0.3 is 0 Å². The van der Waals surface area contributed by atoms with Gasteiger partial charge in [-0.1, -0.05) is 109 Å². The van der Waals surface area contributed by atoms with E-state index in [1.165, 1.54) is 0 Å². The Morgan fingerprint density at radius 2 is 0.431 bits per heavy atom. The molecule has 0 radical (unpaired) electrons. The van der Waals surface area contributed by atoms with Crippen molar-refractivity contribution < 1.29 is 0 Å². The molecule has 0 unspecified atom stereocenters. The molecular formula is C84H54N18.